The van der Waals surface area contributed by atoms with E-state index in [2.05, 4.69) is 17.6 Å². The molecular formula is C13H23N3O2. The maximum absolute atomic E-state index is 12.0. The minimum absolute atomic E-state index is 0.288. The molecule has 102 valence electrons. The summed E-state index contributed by atoms with van der Waals surface area (Å²) >= 11 is 0. The molecule has 1 saturated heterocycles. The number of nitrogens with zero attached hydrogens (tertiary/aromatic N) is 1. The lowest BCUT2D eigenvalue weighted by molar-refractivity contribution is -0.145. The number of amides is 2. The predicted octanol–water partition coefficient (Wildman–Crippen LogP) is 0.115. The number of rotatable bonds is 3. The quantitative estimate of drug-likeness (QED) is 0.702. The van der Waals surface area contributed by atoms with Gasteiger partial charge in [-0.1, -0.05) is 6.92 Å². The summed E-state index contributed by atoms with van der Waals surface area (Å²) in [5.74, 6) is -0.803. The smallest absolute Gasteiger partial charge is 0.311 e. The van der Waals surface area contributed by atoms with Crippen LogP contribution in [0.3, 0.4) is 0 Å². The Kier molecular flexibility index (Phi) is 4.22. The van der Waals surface area contributed by atoms with Gasteiger partial charge in [0.15, 0.2) is 0 Å². The first-order valence-electron chi connectivity index (χ1n) is 6.95. The first kappa shape index (κ1) is 13.3. The molecule has 0 radical (unpaired) electrons. The number of carbonyl (C=O) groups is 2. The molecule has 18 heavy (non-hydrogen) atoms. The van der Waals surface area contributed by atoms with Gasteiger partial charge in [-0.15, -0.1) is 0 Å². The average Bonchev–Trinajstić information content (AvgIpc) is 3.19. The van der Waals surface area contributed by atoms with Crippen molar-refractivity contribution in [2.45, 2.75) is 32.6 Å². The summed E-state index contributed by atoms with van der Waals surface area (Å²) in [6.07, 6.45) is 4.34. The monoisotopic (exact) mass is 253 g/mol. The van der Waals surface area contributed by atoms with E-state index in [0.717, 1.165) is 25.9 Å². The summed E-state index contributed by atoms with van der Waals surface area (Å²) in [5.41, 5.74) is 0.288. The van der Waals surface area contributed by atoms with E-state index in [1.807, 2.05) is 0 Å². The largest absolute Gasteiger partial charge is 0.347 e. The van der Waals surface area contributed by atoms with Gasteiger partial charge in [-0.05, 0) is 37.6 Å². The molecule has 0 aromatic heterocycles. The van der Waals surface area contributed by atoms with Crippen molar-refractivity contribution in [2.75, 3.05) is 32.7 Å². The molecule has 0 spiro atoms. The van der Waals surface area contributed by atoms with E-state index in [-0.39, 0.29) is 11.3 Å². The molecular weight excluding hydrogens is 230 g/mol. The van der Waals surface area contributed by atoms with Crippen LogP contribution in [0.5, 0.6) is 0 Å². The van der Waals surface area contributed by atoms with Crippen LogP contribution in [0.2, 0.25) is 0 Å². The Hall–Kier alpha value is -1.10. The molecule has 5 nitrogen and oxygen atoms in total. The molecule has 1 saturated carbocycles. The Bertz CT molecular complexity index is 318. The van der Waals surface area contributed by atoms with E-state index in [0.29, 0.717) is 19.6 Å². The number of hydrogen-bond acceptors (Lipinski definition) is 3. The van der Waals surface area contributed by atoms with Gasteiger partial charge in [0.05, 0.1) is 0 Å². The standard InChI is InChI=1S/C13H23N3O2/c1-2-13(4-5-13)10-15-11(17)12(18)16-8-3-6-14-7-9-16/h14H,2-10H2,1H3,(H,15,17). The molecule has 1 aliphatic carbocycles. The summed E-state index contributed by atoms with van der Waals surface area (Å²) in [6, 6.07) is 0. The van der Waals surface area contributed by atoms with E-state index in [1.165, 1.54) is 12.8 Å². The SMILES string of the molecule is CCC1(CNC(=O)C(=O)N2CCCNCC2)CC1. The summed E-state index contributed by atoms with van der Waals surface area (Å²) < 4.78 is 0. The summed E-state index contributed by atoms with van der Waals surface area (Å²) in [4.78, 5) is 25.4. The van der Waals surface area contributed by atoms with Crippen LogP contribution in [0.4, 0.5) is 0 Å². The van der Waals surface area contributed by atoms with E-state index in [4.69, 9.17) is 0 Å². The molecule has 2 N–H and O–H groups in total. The van der Waals surface area contributed by atoms with Crippen LogP contribution in [0.15, 0.2) is 0 Å². The molecule has 1 heterocycles. The van der Waals surface area contributed by atoms with Crippen LogP contribution >= 0.6 is 0 Å². The van der Waals surface area contributed by atoms with Crippen LogP contribution in [0.1, 0.15) is 32.6 Å². The topological polar surface area (TPSA) is 61.4 Å². The number of nitrogens with one attached hydrogen (secondary N) is 2. The zero-order valence-electron chi connectivity index (χ0n) is 11.1. The highest BCUT2D eigenvalue weighted by molar-refractivity contribution is 6.35. The van der Waals surface area contributed by atoms with Gasteiger partial charge in [0, 0.05) is 26.2 Å². The fraction of sp³-hybridized carbons (Fsp3) is 0.846. The van der Waals surface area contributed by atoms with Gasteiger partial charge in [-0.2, -0.15) is 0 Å². The molecule has 0 aromatic rings. The van der Waals surface area contributed by atoms with Gasteiger partial charge >= 0.3 is 11.8 Å². The fourth-order valence-electron chi connectivity index (χ4n) is 2.37. The van der Waals surface area contributed by atoms with E-state index in [9.17, 15) is 9.59 Å². The molecule has 0 bridgehead atoms. The average molecular weight is 253 g/mol. The Labute approximate surface area is 108 Å². The van der Waals surface area contributed by atoms with E-state index < -0.39 is 5.91 Å². The third-order valence-corrected chi connectivity index (χ3v) is 4.15. The highest BCUT2D eigenvalue weighted by Crippen LogP contribution is 2.47. The van der Waals surface area contributed by atoms with Crippen LogP contribution in [0.25, 0.3) is 0 Å². The highest BCUT2D eigenvalue weighted by Gasteiger charge is 2.41. The van der Waals surface area contributed by atoms with Gasteiger partial charge in [-0.25, -0.2) is 0 Å². The van der Waals surface area contributed by atoms with Crippen molar-refractivity contribution >= 4 is 11.8 Å². The highest BCUT2D eigenvalue weighted by atomic mass is 16.2. The lowest BCUT2D eigenvalue weighted by Crippen LogP contribution is -2.45. The second-order valence-electron chi connectivity index (χ2n) is 5.43. The Balaban J connectivity index is 1.78. The molecule has 2 amide bonds. The first-order chi connectivity index (χ1) is 8.67. The number of carbonyl (C=O) groups excluding carboxylic acids is 2. The van der Waals surface area contributed by atoms with E-state index >= 15 is 0 Å². The van der Waals surface area contributed by atoms with Crippen LogP contribution in [0, 0.1) is 5.41 Å². The van der Waals surface area contributed by atoms with Gasteiger partial charge in [0.2, 0.25) is 0 Å². The lowest BCUT2D eigenvalue weighted by atomic mass is 10.0. The fourth-order valence-corrected chi connectivity index (χ4v) is 2.37. The van der Waals surface area contributed by atoms with Crippen molar-refractivity contribution in [2.24, 2.45) is 5.41 Å². The van der Waals surface area contributed by atoms with Crippen molar-refractivity contribution in [1.29, 1.82) is 0 Å². The van der Waals surface area contributed by atoms with Crippen molar-refractivity contribution < 1.29 is 9.59 Å². The van der Waals surface area contributed by atoms with Gasteiger partial charge < -0.3 is 15.5 Å². The third kappa shape index (κ3) is 3.22. The predicted molar refractivity (Wildman–Crippen MR) is 69.0 cm³/mol. The molecule has 0 atom stereocenters. The van der Waals surface area contributed by atoms with Crippen molar-refractivity contribution in [3.63, 3.8) is 0 Å². The Morgan fingerprint density at radius 3 is 2.72 bits per heavy atom. The van der Waals surface area contributed by atoms with Crippen molar-refractivity contribution in [3.8, 4) is 0 Å². The lowest BCUT2D eigenvalue weighted by Gasteiger charge is -2.20. The molecule has 0 unspecified atom stereocenters. The Morgan fingerprint density at radius 1 is 1.28 bits per heavy atom. The minimum Gasteiger partial charge on any atom is -0.347 e. The van der Waals surface area contributed by atoms with Gasteiger partial charge in [-0.3, -0.25) is 9.59 Å². The first-order valence-corrected chi connectivity index (χ1v) is 6.95. The zero-order valence-corrected chi connectivity index (χ0v) is 11.1. The molecule has 2 fully saturated rings. The Morgan fingerprint density at radius 2 is 2.06 bits per heavy atom. The summed E-state index contributed by atoms with van der Waals surface area (Å²) in [7, 11) is 0. The maximum Gasteiger partial charge on any atom is 0.311 e. The third-order valence-electron chi connectivity index (χ3n) is 4.15. The molecule has 2 aliphatic rings. The second kappa shape index (κ2) is 5.69. The summed E-state index contributed by atoms with van der Waals surface area (Å²) in [5, 5.41) is 6.02. The minimum atomic E-state index is -0.434. The molecule has 0 aromatic carbocycles. The normalized spacial score (nSPS) is 22.2. The van der Waals surface area contributed by atoms with Crippen LogP contribution in [-0.2, 0) is 9.59 Å². The summed E-state index contributed by atoms with van der Waals surface area (Å²) in [6.45, 7) is 5.80. The molecule has 1 aliphatic heterocycles. The van der Waals surface area contributed by atoms with E-state index in [1.54, 1.807) is 4.90 Å². The number of hydrogen-bond donors (Lipinski definition) is 2. The van der Waals surface area contributed by atoms with Gasteiger partial charge in [0.1, 0.15) is 0 Å². The van der Waals surface area contributed by atoms with Crippen molar-refractivity contribution in [1.82, 2.24) is 15.5 Å². The van der Waals surface area contributed by atoms with Crippen LogP contribution in [-0.4, -0.2) is 49.4 Å². The van der Waals surface area contributed by atoms with Crippen LogP contribution < -0.4 is 10.6 Å². The maximum atomic E-state index is 12.0. The second-order valence-corrected chi connectivity index (χ2v) is 5.43. The van der Waals surface area contributed by atoms with Gasteiger partial charge in [0.25, 0.3) is 0 Å². The zero-order chi connectivity index (χ0) is 13.0. The van der Waals surface area contributed by atoms with Crippen molar-refractivity contribution in [3.05, 3.63) is 0 Å². The molecule has 5 heteroatoms. The molecule has 2 rings (SSSR count).